The number of hydrogen-bond donors (Lipinski definition) is 12. The van der Waals surface area contributed by atoms with Crippen LogP contribution in [0.15, 0.2) is 146 Å². The molecule has 17 atom stereocenters. The molecule has 3 aliphatic heterocycles. The summed E-state index contributed by atoms with van der Waals surface area (Å²) in [4.78, 5) is 13.4. The summed E-state index contributed by atoms with van der Waals surface area (Å²) >= 11 is 0. The highest BCUT2D eigenvalue weighted by Gasteiger charge is 2.53. The molecule has 17 unspecified atom stereocenters. The number of allylic oxidation sites excluding steroid dienone is 23. The number of aliphatic hydroxyl groups is 11. The standard InChI is InChI=1S/C77H125NO18/c1-3-5-7-9-11-13-15-17-18-19-20-21-22-23-24-25-26-27-28-29-30-31-32-33-34-35-36-37-38-39-40-41-42-43-45-47-49-51-53-55-65(83)78-60(61(82)54-52-50-48-46-44-16-14-12-10-8-6-4-2)59-91-75-71(89)68(86)73(63(57-80)93-75)96-77-72(90)69(87)74(64(58-81)94-77)95-76-70(88)67(85)66(84)62(56-79)92-76/h5,7,11,13,17-18,20-21,23-24,26-27,29-30,32-33,35-36,38-39,41-42,52,54,60-64,66-77,79-82,84-90H,3-4,6,8-10,12,14-16,19,22,25,28,31,34,37,40,43-51,53,55-59H2,1-2H3,(H,78,83)/b7-5-,13-11-,18-17-,21-20-,24-23-,27-26-,30-29-,33-32-,36-35-,39-38-,42-41-,54-52+. The van der Waals surface area contributed by atoms with E-state index in [4.69, 9.17) is 28.4 Å². The zero-order chi connectivity index (χ0) is 69.6. The van der Waals surface area contributed by atoms with Crippen LogP contribution < -0.4 is 5.32 Å². The van der Waals surface area contributed by atoms with E-state index < -0.39 is 124 Å². The van der Waals surface area contributed by atoms with E-state index in [1.165, 1.54) is 44.9 Å². The second kappa shape index (κ2) is 56.4. The molecular formula is C77H125NO18. The third kappa shape index (κ3) is 37.2. The van der Waals surface area contributed by atoms with Crippen molar-refractivity contribution in [2.24, 2.45) is 0 Å². The lowest BCUT2D eigenvalue weighted by atomic mass is 9.96. The Kier molecular flexibility index (Phi) is 50.5. The fourth-order valence-corrected chi connectivity index (χ4v) is 11.1. The Bertz CT molecular complexity index is 2310. The summed E-state index contributed by atoms with van der Waals surface area (Å²) in [5.41, 5.74) is 0. The van der Waals surface area contributed by atoms with E-state index in [0.29, 0.717) is 6.42 Å². The molecule has 0 bridgehead atoms. The molecule has 1 amide bonds. The molecule has 19 heteroatoms. The van der Waals surface area contributed by atoms with Crippen LogP contribution in [0.3, 0.4) is 0 Å². The highest BCUT2D eigenvalue weighted by molar-refractivity contribution is 5.76. The summed E-state index contributed by atoms with van der Waals surface area (Å²) in [6, 6.07) is -0.994. The number of hydrogen-bond acceptors (Lipinski definition) is 18. The van der Waals surface area contributed by atoms with Crippen LogP contribution >= 0.6 is 0 Å². The molecule has 19 nitrogen and oxygen atoms in total. The van der Waals surface area contributed by atoms with Crippen LogP contribution in [0, 0.1) is 0 Å². The van der Waals surface area contributed by atoms with Gasteiger partial charge in [0.1, 0.15) is 73.2 Å². The monoisotopic (exact) mass is 1350 g/mol. The van der Waals surface area contributed by atoms with Crippen molar-refractivity contribution in [1.82, 2.24) is 5.32 Å². The molecule has 12 N–H and O–H groups in total. The van der Waals surface area contributed by atoms with Crippen molar-refractivity contribution in [2.75, 3.05) is 26.4 Å². The average Bonchev–Trinajstić information content (AvgIpc) is 0.787. The Hall–Kier alpha value is -4.33. The van der Waals surface area contributed by atoms with E-state index in [-0.39, 0.29) is 18.9 Å². The molecule has 96 heavy (non-hydrogen) atoms. The Labute approximate surface area is 574 Å². The van der Waals surface area contributed by atoms with Gasteiger partial charge in [0, 0.05) is 6.42 Å². The van der Waals surface area contributed by atoms with Gasteiger partial charge in [0.15, 0.2) is 18.9 Å². The topological polar surface area (TPSA) is 307 Å². The van der Waals surface area contributed by atoms with E-state index in [9.17, 15) is 61.0 Å². The molecule has 3 aliphatic rings. The molecule has 0 aromatic rings. The number of carbonyl (C=O) groups excluding carboxylic acids is 1. The van der Waals surface area contributed by atoms with Gasteiger partial charge in [-0.05, 0) is 103 Å². The first kappa shape index (κ1) is 85.9. The fraction of sp³-hybridized carbons (Fsp3) is 0.675. The molecule has 3 rings (SSSR count). The lowest BCUT2D eigenvalue weighted by Crippen LogP contribution is -2.66. The van der Waals surface area contributed by atoms with Crippen LogP contribution in [0.1, 0.15) is 200 Å². The van der Waals surface area contributed by atoms with Crippen molar-refractivity contribution >= 4 is 5.91 Å². The van der Waals surface area contributed by atoms with E-state index >= 15 is 0 Å². The fourth-order valence-electron chi connectivity index (χ4n) is 11.1. The predicted molar refractivity (Wildman–Crippen MR) is 378 cm³/mol. The molecule has 546 valence electrons. The summed E-state index contributed by atoms with van der Waals surface area (Å²) in [6.07, 6.45) is 54.1. The van der Waals surface area contributed by atoms with Crippen molar-refractivity contribution in [1.29, 1.82) is 0 Å². The largest absolute Gasteiger partial charge is 0.394 e. The third-order valence-corrected chi connectivity index (χ3v) is 16.9. The first-order valence-corrected chi connectivity index (χ1v) is 36.1. The SMILES string of the molecule is CC/C=C\C/C=C\C/C=C\C/C=C\C/C=C\C/C=C\C/C=C\C/C=C\C/C=C\C/C=C\C/C=C\CCCCCCCC(=O)NC(COC1OC(CO)C(OC2OC(CO)C(OC3OC(CO)C(O)C(O)C3O)C(O)C2O)C(O)C1O)C(O)/C=C/CCCCCCCCCCCC. The summed E-state index contributed by atoms with van der Waals surface area (Å²) in [5, 5.41) is 120. The molecular weight excluding hydrogens is 1230 g/mol. The van der Waals surface area contributed by atoms with Gasteiger partial charge in [-0.1, -0.05) is 237 Å². The van der Waals surface area contributed by atoms with Crippen LogP contribution in [-0.4, -0.2) is 193 Å². The van der Waals surface area contributed by atoms with Crippen LogP contribution in [0.2, 0.25) is 0 Å². The van der Waals surface area contributed by atoms with Gasteiger partial charge in [0.2, 0.25) is 5.91 Å². The molecule has 0 spiro atoms. The lowest BCUT2D eigenvalue weighted by molar-refractivity contribution is -0.379. The maximum Gasteiger partial charge on any atom is 0.220 e. The quantitative estimate of drug-likeness (QED) is 0.0199. The van der Waals surface area contributed by atoms with Gasteiger partial charge in [0.05, 0.1) is 38.6 Å². The van der Waals surface area contributed by atoms with Crippen molar-refractivity contribution in [3.63, 3.8) is 0 Å². The number of carbonyl (C=O) groups is 1. The summed E-state index contributed by atoms with van der Waals surface area (Å²) in [7, 11) is 0. The van der Waals surface area contributed by atoms with Crippen LogP contribution in [0.5, 0.6) is 0 Å². The Morgan fingerprint density at radius 3 is 1.12 bits per heavy atom. The smallest absolute Gasteiger partial charge is 0.220 e. The molecule has 0 saturated carbocycles. The lowest BCUT2D eigenvalue weighted by Gasteiger charge is -2.48. The van der Waals surface area contributed by atoms with Crippen LogP contribution in [0.25, 0.3) is 0 Å². The van der Waals surface area contributed by atoms with Gasteiger partial charge in [-0.25, -0.2) is 0 Å². The summed E-state index contributed by atoms with van der Waals surface area (Å²) in [5.74, 6) is -0.302. The minimum Gasteiger partial charge on any atom is -0.394 e. The van der Waals surface area contributed by atoms with Gasteiger partial charge in [-0.3, -0.25) is 4.79 Å². The third-order valence-electron chi connectivity index (χ3n) is 16.9. The summed E-state index contributed by atoms with van der Waals surface area (Å²) in [6.45, 7) is 1.56. The number of ether oxygens (including phenoxy) is 6. The maximum absolute atomic E-state index is 13.4. The molecule has 0 aliphatic carbocycles. The van der Waals surface area contributed by atoms with Crippen molar-refractivity contribution < 1.29 is 89.4 Å². The predicted octanol–water partition coefficient (Wildman–Crippen LogP) is 10.3. The van der Waals surface area contributed by atoms with E-state index in [1.807, 2.05) is 6.08 Å². The molecule has 0 aromatic carbocycles. The van der Waals surface area contributed by atoms with Crippen molar-refractivity contribution in [3.8, 4) is 0 Å². The van der Waals surface area contributed by atoms with Crippen molar-refractivity contribution in [3.05, 3.63) is 146 Å². The highest BCUT2D eigenvalue weighted by atomic mass is 16.8. The second-order valence-corrected chi connectivity index (χ2v) is 25.0. The van der Waals surface area contributed by atoms with Gasteiger partial charge in [-0.15, -0.1) is 0 Å². The molecule has 0 radical (unpaired) electrons. The highest BCUT2D eigenvalue weighted by Crippen LogP contribution is 2.33. The average molecular weight is 1350 g/mol. The Balaban J connectivity index is 1.36. The molecule has 3 saturated heterocycles. The Morgan fingerprint density at radius 1 is 0.385 bits per heavy atom. The number of rotatable bonds is 53. The van der Waals surface area contributed by atoms with E-state index in [1.54, 1.807) is 6.08 Å². The number of nitrogens with one attached hydrogen (secondary N) is 1. The maximum atomic E-state index is 13.4. The number of amides is 1. The van der Waals surface area contributed by atoms with Gasteiger partial charge >= 0.3 is 0 Å². The van der Waals surface area contributed by atoms with Gasteiger partial charge in [-0.2, -0.15) is 0 Å². The van der Waals surface area contributed by atoms with E-state index in [0.717, 1.165) is 128 Å². The van der Waals surface area contributed by atoms with Gasteiger partial charge < -0.3 is 89.9 Å². The van der Waals surface area contributed by atoms with Gasteiger partial charge in [0.25, 0.3) is 0 Å². The first-order chi connectivity index (χ1) is 46.8. The number of aliphatic hydroxyl groups excluding tert-OH is 11. The minimum atomic E-state index is -1.99. The minimum absolute atomic E-state index is 0.211. The zero-order valence-corrected chi connectivity index (χ0v) is 57.8. The molecule has 0 aromatic heterocycles. The molecule has 3 fully saturated rings. The van der Waals surface area contributed by atoms with Crippen molar-refractivity contribution in [2.45, 2.75) is 304 Å². The van der Waals surface area contributed by atoms with Crippen LogP contribution in [0.4, 0.5) is 0 Å². The number of unbranched alkanes of at least 4 members (excludes halogenated alkanes) is 15. The first-order valence-electron chi connectivity index (χ1n) is 36.1. The molecule has 3 heterocycles. The Morgan fingerprint density at radius 2 is 0.719 bits per heavy atom. The van der Waals surface area contributed by atoms with E-state index in [2.05, 4.69) is 153 Å². The second-order valence-electron chi connectivity index (χ2n) is 25.0. The zero-order valence-electron chi connectivity index (χ0n) is 57.8. The normalized spacial score (nSPS) is 27.9. The van der Waals surface area contributed by atoms with Crippen LogP contribution in [-0.2, 0) is 33.2 Å². The summed E-state index contributed by atoms with van der Waals surface area (Å²) < 4.78 is 34.3.